The van der Waals surface area contributed by atoms with Crippen molar-refractivity contribution in [2.45, 2.75) is 25.2 Å². The van der Waals surface area contributed by atoms with Crippen LogP contribution in [-0.2, 0) is 16.9 Å². The molecule has 1 aliphatic rings. The summed E-state index contributed by atoms with van der Waals surface area (Å²) in [5.74, 6) is 0. The van der Waals surface area contributed by atoms with Crippen LogP contribution in [-0.4, -0.2) is 35.8 Å². The van der Waals surface area contributed by atoms with Gasteiger partial charge in [0.15, 0.2) is 0 Å². The molecule has 1 heterocycles. The van der Waals surface area contributed by atoms with E-state index < -0.39 is 5.60 Å². The lowest BCUT2D eigenvalue weighted by Crippen LogP contribution is -2.53. The van der Waals surface area contributed by atoms with E-state index >= 15 is 0 Å². The van der Waals surface area contributed by atoms with Gasteiger partial charge in [-0.15, -0.1) is 0 Å². The van der Waals surface area contributed by atoms with Gasteiger partial charge in [0.05, 0.1) is 6.61 Å². The number of aryl methyl sites for hydroxylation is 1. The summed E-state index contributed by atoms with van der Waals surface area (Å²) in [6.45, 7) is 5.06. The Morgan fingerprint density at radius 1 is 0.929 bits per heavy atom. The van der Waals surface area contributed by atoms with Gasteiger partial charge >= 0.3 is 0 Å². The van der Waals surface area contributed by atoms with Crippen LogP contribution in [0, 0.1) is 6.92 Å². The summed E-state index contributed by atoms with van der Waals surface area (Å²) in [6.07, 6.45) is -0.339. The molecule has 28 heavy (non-hydrogen) atoms. The Bertz CT molecular complexity index is 897. The Kier molecular flexibility index (Phi) is 5.58. The van der Waals surface area contributed by atoms with Crippen molar-refractivity contribution in [1.29, 1.82) is 0 Å². The van der Waals surface area contributed by atoms with Gasteiger partial charge < -0.3 is 9.84 Å². The lowest BCUT2D eigenvalue weighted by molar-refractivity contribution is -0.131. The minimum Gasteiger partial charge on any atom is -0.378 e. The smallest absolute Gasteiger partial charge is 0.142 e. The van der Waals surface area contributed by atoms with Gasteiger partial charge in [-0.3, -0.25) is 4.90 Å². The summed E-state index contributed by atoms with van der Waals surface area (Å²) >= 11 is 0. The molecule has 0 amide bonds. The van der Waals surface area contributed by atoms with Crippen molar-refractivity contribution in [3.05, 3.63) is 107 Å². The quantitative estimate of drug-likeness (QED) is 0.730. The van der Waals surface area contributed by atoms with Gasteiger partial charge in [-0.05, 0) is 29.2 Å². The SMILES string of the molecule is Cc1ccccc1C(O)(c1ccccc1)[C@@H]1CN(Cc2ccccc2)CCO1. The normalized spacial score (nSPS) is 19.9. The standard InChI is InChI=1S/C25H27NO2/c1-20-10-8-9-15-23(20)25(27,22-13-6-3-7-14-22)24-19-26(16-17-28-24)18-21-11-4-2-5-12-21/h2-15,24,27H,16-19H2,1H3/t24-,25?/m0/s1. The molecule has 0 aliphatic carbocycles. The molecule has 1 unspecified atom stereocenters. The first-order valence-electron chi connectivity index (χ1n) is 9.90. The molecule has 0 bridgehead atoms. The minimum absolute atomic E-state index is 0.339. The number of benzene rings is 3. The number of aliphatic hydroxyl groups is 1. The fraction of sp³-hybridized carbons (Fsp3) is 0.280. The van der Waals surface area contributed by atoms with E-state index in [-0.39, 0.29) is 6.10 Å². The summed E-state index contributed by atoms with van der Waals surface area (Å²) in [4.78, 5) is 2.37. The van der Waals surface area contributed by atoms with E-state index in [0.717, 1.165) is 29.8 Å². The van der Waals surface area contributed by atoms with Crippen LogP contribution in [0.3, 0.4) is 0 Å². The number of morpholine rings is 1. The highest BCUT2D eigenvalue weighted by Gasteiger charge is 2.44. The van der Waals surface area contributed by atoms with Crippen molar-refractivity contribution in [3.8, 4) is 0 Å². The van der Waals surface area contributed by atoms with E-state index in [0.29, 0.717) is 13.2 Å². The molecule has 144 valence electrons. The van der Waals surface area contributed by atoms with E-state index in [9.17, 15) is 5.11 Å². The fourth-order valence-corrected chi connectivity index (χ4v) is 4.15. The molecule has 0 spiro atoms. The monoisotopic (exact) mass is 373 g/mol. The molecule has 3 aromatic rings. The summed E-state index contributed by atoms with van der Waals surface area (Å²) in [7, 11) is 0. The molecule has 0 aromatic heterocycles. The summed E-state index contributed by atoms with van der Waals surface area (Å²) in [6, 6.07) is 28.4. The Labute approximate surface area is 167 Å². The third kappa shape index (κ3) is 3.74. The number of nitrogens with zero attached hydrogens (tertiary/aromatic N) is 1. The molecule has 2 atom stereocenters. The molecule has 0 saturated carbocycles. The van der Waals surface area contributed by atoms with E-state index in [1.54, 1.807) is 0 Å². The molecule has 1 N–H and O–H groups in total. The van der Waals surface area contributed by atoms with Gasteiger partial charge in [0.2, 0.25) is 0 Å². The zero-order chi connectivity index (χ0) is 19.4. The molecule has 1 aliphatic heterocycles. The predicted octanol–water partition coefficient (Wildman–Crippen LogP) is 4.13. The van der Waals surface area contributed by atoms with E-state index in [1.807, 2.05) is 67.6 Å². The van der Waals surface area contributed by atoms with Gasteiger partial charge in [-0.2, -0.15) is 0 Å². The number of ether oxygens (including phenoxy) is 1. The summed E-state index contributed by atoms with van der Waals surface area (Å²) in [5, 5.41) is 12.1. The van der Waals surface area contributed by atoms with Crippen molar-refractivity contribution >= 4 is 0 Å². The van der Waals surface area contributed by atoms with Gasteiger partial charge in [0, 0.05) is 19.6 Å². The summed E-state index contributed by atoms with van der Waals surface area (Å²) in [5.41, 5.74) is 2.94. The van der Waals surface area contributed by atoms with Gasteiger partial charge in [-0.1, -0.05) is 84.9 Å². The highest BCUT2D eigenvalue weighted by atomic mass is 16.5. The van der Waals surface area contributed by atoms with Crippen LogP contribution in [0.5, 0.6) is 0 Å². The maximum Gasteiger partial charge on any atom is 0.142 e. The molecule has 3 heteroatoms. The van der Waals surface area contributed by atoms with Crippen LogP contribution in [0.25, 0.3) is 0 Å². The fourth-order valence-electron chi connectivity index (χ4n) is 4.15. The molecular weight excluding hydrogens is 346 g/mol. The first kappa shape index (κ1) is 18.9. The van der Waals surface area contributed by atoms with E-state index in [4.69, 9.17) is 4.74 Å². The summed E-state index contributed by atoms with van der Waals surface area (Å²) < 4.78 is 6.18. The van der Waals surface area contributed by atoms with Crippen molar-refractivity contribution in [1.82, 2.24) is 4.90 Å². The number of rotatable bonds is 5. The van der Waals surface area contributed by atoms with Gasteiger partial charge in [0.1, 0.15) is 11.7 Å². The maximum atomic E-state index is 12.1. The molecule has 1 saturated heterocycles. The largest absolute Gasteiger partial charge is 0.378 e. The van der Waals surface area contributed by atoms with Crippen molar-refractivity contribution in [2.75, 3.05) is 19.7 Å². The number of hydrogen-bond donors (Lipinski definition) is 1. The van der Waals surface area contributed by atoms with Crippen molar-refractivity contribution < 1.29 is 9.84 Å². The molecule has 1 fully saturated rings. The second kappa shape index (κ2) is 8.27. The lowest BCUT2D eigenvalue weighted by Gasteiger charge is -2.43. The van der Waals surface area contributed by atoms with Crippen molar-refractivity contribution in [2.24, 2.45) is 0 Å². The Morgan fingerprint density at radius 3 is 2.29 bits per heavy atom. The predicted molar refractivity (Wildman–Crippen MR) is 112 cm³/mol. The highest BCUT2D eigenvalue weighted by molar-refractivity contribution is 5.42. The number of hydrogen-bond acceptors (Lipinski definition) is 3. The van der Waals surface area contributed by atoms with Crippen LogP contribution in [0.1, 0.15) is 22.3 Å². The van der Waals surface area contributed by atoms with Gasteiger partial charge in [0.25, 0.3) is 0 Å². The minimum atomic E-state index is -1.19. The maximum absolute atomic E-state index is 12.1. The molecule has 4 rings (SSSR count). The van der Waals surface area contributed by atoms with Crippen LogP contribution >= 0.6 is 0 Å². The third-order valence-corrected chi connectivity index (χ3v) is 5.64. The average Bonchev–Trinajstić information content (AvgIpc) is 2.75. The lowest BCUT2D eigenvalue weighted by atomic mass is 9.79. The zero-order valence-electron chi connectivity index (χ0n) is 16.3. The molecule has 3 nitrogen and oxygen atoms in total. The van der Waals surface area contributed by atoms with Crippen LogP contribution in [0.4, 0.5) is 0 Å². The average molecular weight is 373 g/mol. The molecule has 0 radical (unpaired) electrons. The Balaban J connectivity index is 1.68. The van der Waals surface area contributed by atoms with E-state index in [2.05, 4.69) is 29.2 Å². The second-order valence-corrected chi connectivity index (χ2v) is 7.53. The van der Waals surface area contributed by atoms with Crippen LogP contribution in [0.15, 0.2) is 84.9 Å². The molecule has 3 aromatic carbocycles. The third-order valence-electron chi connectivity index (χ3n) is 5.64. The Morgan fingerprint density at radius 2 is 1.57 bits per heavy atom. The Hall–Kier alpha value is -2.46. The van der Waals surface area contributed by atoms with Crippen LogP contribution < -0.4 is 0 Å². The van der Waals surface area contributed by atoms with Gasteiger partial charge in [-0.25, -0.2) is 0 Å². The second-order valence-electron chi connectivity index (χ2n) is 7.53. The van der Waals surface area contributed by atoms with Crippen molar-refractivity contribution in [3.63, 3.8) is 0 Å². The first-order chi connectivity index (χ1) is 13.7. The zero-order valence-corrected chi connectivity index (χ0v) is 16.3. The molecular formula is C25H27NO2. The van der Waals surface area contributed by atoms with Crippen LogP contribution in [0.2, 0.25) is 0 Å². The topological polar surface area (TPSA) is 32.7 Å². The first-order valence-corrected chi connectivity index (χ1v) is 9.90. The highest BCUT2D eigenvalue weighted by Crippen LogP contribution is 2.38. The van der Waals surface area contributed by atoms with E-state index in [1.165, 1.54) is 5.56 Å².